The Labute approximate surface area is 172 Å². The van der Waals surface area contributed by atoms with Crippen molar-refractivity contribution in [3.05, 3.63) is 75.9 Å². The minimum atomic E-state index is 0.144. The van der Waals surface area contributed by atoms with E-state index in [2.05, 4.69) is 16.0 Å². The number of hydrogen-bond acceptors (Lipinski definition) is 4. The van der Waals surface area contributed by atoms with Crippen LogP contribution in [0.25, 0.3) is 33.3 Å². The Hall–Kier alpha value is -3.13. The van der Waals surface area contributed by atoms with Crippen LogP contribution in [-0.4, -0.2) is 9.97 Å². The van der Waals surface area contributed by atoms with Crippen molar-refractivity contribution in [3.8, 4) is 28.5 Å². The zero-order valence-electron chi connectivity index (χ0n) is 14.9. The van der Waals surface area contributed by atoms with Crippen molar-refractivity contribution in [2.45, 2.75) is 6.92 Å². The molecule has 2 heterocycles. The lowest BCUT2D eigenvalue weighted by Crippen LogP contribution is -2.00. The molecule has 4 aromatic rings. The van der Waals surface area contributed by atoms with E-state index in [-0.39, 0.29) is 11.4 Å². The van der Waals surface area contributed by atoms with Gasteiger partial charge in [0.1, 0.15) is 22.6 Å². The third-order valence-corrected chi connectivity index (χ3v) is 5.06. The predicted molar refractivity (Wildman–Crippen MR) is 114 cm³/mol. The van der Waals surface area contributed by atoms with E-state index in [4.69, 9.17) is 28.9 Å². The summed E-state index contributed by atoms with van der Waals surface area (Å²) in [4.78, 5) is 8.89. The van der Waals surface area contributed by atoms with Crippen molar-refractivity contribution in [1.82, 2.24) is 9.97 Å². The lowest BCUT2D eigenvalue weighted by Gasteiger charge is -2.12. The smallest absolute Gasteiger partial charge is 0.142 e. The van der Waals surface area contributed by atoms with E-state index >= 15 is 0 Å². The molecule has 2 aromatic heterocycles. The van der Waals surface area contributed by atoms with Crippen LogP contribution in [0.1, 0.15) is 11.1 Å². The first-order chi connectivity index (χ1) is 13.5. The topological polar surface area (TPSA) is 75.6 Å². The first-order valence-electron chi connectivity index (χ1n) is 8.50. The third-order valence-electron chi connectivity index (χ3n) is 4.52. The molecule has 28 heavy (non-hydrogen) atoms. The van der Waals surface area contributed by atoms with Gasteiger partial charge in [-0.25, -0.2) is 9.97 Å². The van der Waals surface area contributed by atoms with Gasteiger partial charge in [0.25, 0.3) is 0 Å². The van der Waals surface area contributed by atoms with Gasteiger partial charge in [0.2, 0.25) is 0 Å². The Bertz CT molecular complexity index is 1260. The Kier molecular flexibility index (Phi) is 4.64. The quantitative estimate of drug-likeness (QED) is 0.413. The molecule has 2 aromatic carbocycles. The molecule has 6 heteroatoms. The second-order valence-corrected chi connectivity index (χ2v) is 7.25. The van der Waals surface area contributed by atoms with Crippen LogP contribution >= 0.6 is 23.2 Å². The number of pyridine rings is 2. The zero-order chi connectivity index (χ0) is 19.8. The average Bonchev–Trinajstić information content (AvgIpc) is 2.67. The van der Waals surface area contributed by atoms with Gasteiger partial charge >= 0.3 is 0 Å². The summed E-state index contributed by atoms with van der Waals surface area (Å²) in [5.41, 5.74) is 11.0. The molecule has 0 saturated heterocycles. The number of aromatic nitrogens is 2. The summed E-state index contributed by atoms with van der Waals surface area (Å²) in [5.74, 6) is 0.144. The van der Waals surface area contributed by atoms with Crippen LogP contribution in [0.4, 0.5) is 5.82 Å². The number of benzene rings is 2. The summed E-state index contributed by atoms with van der Waals surface area (Å²) in [6.07, 6.45) is 0. The fourth-order valence-electron chi connectivity index (χ4n) is 3.11. The molecule has 0 unspecified atom stereocenters. The molecule has 0 radical (unpaired) electrons. The first-order valence-corrected chi connectivity index (χ1v) is 9.25. The highest BCUT2D eigenvalue weighted by Gasteiger charge is 2.17. The monoisotopic (exact) mass is 404 g/mol. The molecule has 0 bridgehead atoms. The number of nitriles is 1. The van der Waals surface area contributed by atoms with Gasteiger partial charge in [0.05, 0.1) is 11.2 Å². The molecule has 0 aliphatic carbocycles. The molecule has 0 atom stereocenters. The molecule has 0 spiro atoms. The Balaban J connectivity index is 1.97. The molecule has 4 rings (SSSR count). The lowest BCUT2D eigenvalue weighted by atomic mass is 9.98. The highest BCUT2D eigenvalue weighted by Crippen LogP contribution is 2.36. The van der Waals surface area contributed by atoms with Gasteiger partial charge in [0, 0.05) is 27.1 Å². The summed E-state index contributed by atoms with van der Waals surface area (Å²) >= 11 is 12.5. The maximum atomic E-state index is 9.65. The summed E-state index contributed by atoms with van der Waals surface area (Å²) in [6.45, 7) is 2.00. The van der Waals surface area contributed by atoms with E-state index in [1.807, 2.05) is 43.3 Å². The number of aryl methyl sites for hydroxylation is 1. The zero-order valence-corrected chi connectivity index (χ0v) is 16.4. The van der Waals surface area contributed by atoms with Gasteiger partial charge in [-0.3, -0.25) is 0 Å². The molecule has 0 aliphatic rings. The second kappa shape index (κ2) is 7.12. The van der Waals surface area contributed by atoms with Gasteiger partial charge in [-0.2, -0.15) is 5.26 Å². The second-order valence-electron chi connectivity index (χ2n) is 6.46. The van der Waals surface area contributed by atoms with Crippen LogP contribution in [0.2, 0.25) is 10.2 Å². The van der Waals surface area contributed by atoms with Gasteiger partial charge < -0.3 is 5.73 Å². The third kappa shape index (κ3) is 3.27. The Morgan fingerprint density at radius 3 is 2.39 bits per heavy atom. The lowest BCUT2D eigenvalue weighted by molar-refractivity contribution is 1.30. The van der Waals surface area contributed by atoms with Crippen LogP contribution in [0.5, 0.6) is 0 Å². The molecule has 0 saturated carbocycles. The number of nitrogens with two attached hydrogens (primary N) is 1. The van der Waals surface area contributed by atoms with Crippen LogP contribution < -0.4 is 5.73 Å². The largest absolute Gasteiger partial charge is 0.383 e. The van der Waals surface area contributed by atoms with Crippen molar-refractivity contribution in [2.75, 3.05) is 5.73 Å². The normalized spacial score (nSPS) is 10.8. The summed E-state index contributed by atoms with van der Waals surface area (Å²) in [5, 5.41) is 11.5. The van der Waals surface area contributed by atoms with E-state index in [1.165, 1.54) is 0 Å². The maximum absolute atomic E-state index is 9.65. The predicted octanol–water partition coefficient (Wildman–Crippen LogP) is 6.03. The fraction of sp³-hybridized carbons (Fsp3) is 0.0455. The highest BCUT2D eigenvalue weighted by molar-refractivity contribution is 6.32. The standard InChI is InChI=1S/C22H14Cl2N4/c1-12-2-3-14-9-17(21(24)27-19(14)8-12)16-10-20(28-22(26)18(16)11-25)13-4-6-15(23)7-5-13/h2-10H,1H3,(H2,26,28). The van der Waals surface area contributed by atoms with Crippen molar-refractivity contribution in [1.29, 1.82) is 5.26 Å². The summed E-state index contributed by atoms with van der Waals surface area (Å²) in [7, 11) is 0. The number of halogens is 2. The SMILES string of the molecule is Cc1ccc2cc(-c3cc(-c4ccc(Cl)cc4)nc(N)c3C#N)c(Cl)nc2c1. The summed E-state index contributed by atoms with van der Waals surface area (Å²) in [6, 6.07) is 19.1. The number of anilines is 1. The van der Waals surface area contributed by atoms with Crippen LogP contribution in [0, 0.1) is 18.3 Å². The van der Waals surface area contributed by atoms with Gasteiger partial charge in [-0.05, 0) is 42.8 Å². The molecule has 0 amide bonds. The highest BCUT2D eigenvalue weighted by atomic mass is 35.5. The minimum Gasteiger partial charge on any atom is -0.383 e. The number of fused-ring (bicyclic) bond motifs is 1. The van der Waals surface area contributed by atoms with Gasteiger partial charge in [-0.15, -0.1) is 0 Å². The van der Waals surface area contributed by atoms with E-state index in [0.29, 0.717) is 27.0 Å². The first kappa shape index (κ1) is 18.2. The fourth-order valence-corrected chi connectivity index (χ4v) is 3.48. The Morgan fingerprint density at radius 1 is 0.929 bits per heavy atom. The summed E-state index contributed by atoms with van der Waals surface area (Å²) < 4.78 is 0. The number of rotatable bonds is 2. The molecule has 0 aliphatic heterocycles. The maximum Gasteiger partial charge on any atom is 0.142 e. The van der Waals surface area contributed by atoms with Crippen LogP contribution in [-0.2, 0) is 0 Å². The number of hydrogen-bond donors (Lipinski definition) is 1. The molecular weight excluding hydrogens is 391 g/mol. The van der Waals surface area contributed by atoms with Gasteiger partial charge in [0.15, 0.2) is 0 Å². The molecular formula is C22H14Cl2N4. The molecule has 136 valence electrons. The van der Waals surface area contributed by atoms with E-state index in [9.17, 15) is 5.26 Å². The Morgan fingerprint density at radius 2 is 1.68 bits per heavy atom. The average molecular weight is 405 g/mol. The van der Waals surface area contributed by atoms with Crippen molar-refractivity contribution in [3.63, 3.8) is 0 Å². The van der Waals surface area contributed by atoms with Crippen LogP contribution in [0.3, 0.4) is 0 Å². The minimum absolute atomic E-state index is 0.144. The van der Waals surface area contributed by atoms with Gasteiger partial charge in [-0.1, -0.05) is 47.5 Å². The van der Waals surface area contributed by atoms with Crippen LogP contribution in [0.15, 0.2) is 54.6 Å². The molecule has 0 fully saturated rings. The van der Waals surface area contributed by atoms with Crippen molar-refractivity contribution in [2.24, 2.45) is 0 Å². The molecule has 2 N–H and O–H groups in total. The van der Waals surface area contributed by atoms with E-state index < -0.39 is 0 Å². The van der Waals surface area contributed by atoms with Crippen molar-refractivity contribution >= 4 is 39.9 Å². The molecule has 4 nitrogen and oxygen atoms in total. The van der Waals surface area contributed by atoms with E-state index in [0.717, 1.165) is 22.0 Å². The van der Waals surface area contributed by atoms with E-state index in [1.54, 1.807) is 18.2 Å². The van der Waals surface area contributed by atoms with Crippen molar-refractivity contribution < 1.29 is 0 Å². The number of nitrogen functional groups attached to an aromatic ring is 1. The number of nitrogens with zero attached hydrogens (tertiary/aromatic N) is 3.